The van der Waals surface area contributed by atoms with Crippen LogP contribution in [0, 0.1) is 6.92 Å². The van der Waals surface area contributed by atoms with Gasteiger partial charge in [0.05, 0.1) is 28.5 Å². The van der Waals surface area contributed by atoms with Crippen LogP contribution in [0.15, 0.2) is 94.8 Å². The lowest BCUT2D eigenvalue weighted by atomic mass is 10.0. The SMILES string of the molecule is Cc1nn(-c2ccccc2)c(Cl)c1/C=N/NC(=O)[C@@H](NC(=O)c1ccccc1)c1n[nH]c(=O)c2ccccc12. The number of H-pyrrole nitrogens is 1. The third kappa shape index (κ3) is 5.32. The van der Waals surface area contributed by atoms with E-state index in [-0.39, 0.29) is 5.69 Å². The minimum absolute atomic E-state index is 0.160. The summed E-state index contributed by atoms with van der Waals surface area (Å²) in [5, 5.41) is 18.8. The molecule has 0 saturated heterocycles. The van der Waals surface area contributed by atoms with E-state index in [0.29, 0.717) is 32.7 Å². The van der Waals surface area contributed by atoms with Gasteiger partial charge in [0.25, 0.3) is 17.4 Å². The van der Waals surface area contributed by atoms with Gasteiger partial charge in [-0.3, -0.25) is 14.4 Å². The molecule has 5 rings (SSSR count). The summed E-state index contributed by atoms with van der Waals surface area (Å²) in [5.74, 6) is -1.18. The molecule has 3 N–H and O–H groups in total. The Morgan fingerprint density at radius 3 is 2.33 bits per heavy atom. The van der Waals surface area contributed by atoms with E-state index in [4.69, 9.17) is 11.6 Å². The molecule has 0 bridgehead atoms. The molecule has 0 radical (unpaired) electrons. The van der Waals surface area contributed by atoms with Crippen molar-refractivity contribution in [3.05, 3.63) is 123 Å². The van der Waals surface area contributed by atoms with Gasteiger partial charge in [-0.05, 0) is 37.3 Å². The number of amides is 2. The zero-order valence-electron chi connectivity index (χ0n) is 20.6. The first-order chi connectivity index (χ1) is 18.9. The van der Waals surface area contributed by atoms with Crippen LogP contribution in [0.2, 0.25) is 5.15 Å². The van der Waals surface area contributed by atoms with Crippen LogP contribution in [-0.4, -0.2) is 38.0 Å². The van der Waals surface area contributed by atoms with Gasteiger partial charge >= 0.3 is 0 Å². The van der Waals surface area contributed by atoms with Gasteiger partial charge in [0.2, 0.25) is 0 Å². The summed E-state index contributed by atoms with van der Waals surface area (Å²) in [4.78, 5) is 38.7. The molecule has 0 unspecified atom stereocenters. The number of carbonyl (C=O) groups excluding carboxylic acids is 2. The fourth-order valence-electron chi connectivity index (χ4n) is 4.04. The average Bonchev–Trinajstić information content (AvgIpc) is 3.26. The number of benzene rings is 3. The first-order valence-corrected chi connectivity index (χ1v) is 12.3. The molecule has 0 aliphatic carbocycles. The zero-order chi connectivity index (χ0) is 27.4. The fourth-order valence-corrected chi connectivity index (χ4v) is 4.36. The Balaban J connectivity index is 1.45. The highest BCUT2D eigenvalue weighted by Gasteiger charge is 2.27. The predicted octanol–water partition coefficient (Wildman–Crippen LogP) is 3.69. The van der Waals surface area contributed by atoms with Crippen molar-refractivity contribution in [1.82, 2.24) is 30.7 Å². The second kappa shape index (κ2) is 11.1. The third-order valence-electron chi connectivity index (χ3n) is 5.99. The smallest absolute Gasteiger partial charge is 0.272 e. The number of nitrogens with one attached hydrogen (secondary N) is 3. The van der Waals surface area contributed by atoms with Crippen molar-refractivity contribution in [3.63, 3.8) is 0 Å². The van der Waals surface area contributed by atoms with Crippen LogP contribution in [0.3, 0.4) is 0 Å². The topological polar surface area (TPSA) is 134 Å². The average molecular weight is 540 g/mol. The summed E-state index contributed by atoms with van der Waals surface area (Å²) >= 11 is 6.55. The second-order valence-corrected chi connectivity index (χ2v) is 8.89. The molecule has 39 heavy (non-hydrogen) atoms. The fraction of sp³-hybridized carbons (Fsp3) is 0.0714. The Morgan fingerprint density at radius 2 is 1.62 bits per heavy atom. The van der Waals surface area contributed by atoms with E-state index in [1.54, 1.807) is 66.2 Å². The second-order valence-electron chi connectivity index (χ2n) is 8.53. The molecule has 0 aliphatic heterocycles. The van der Waals surface area contributed by atoms with Crippen LogP contribution in [0.4, 0.5) is 0 Å². The number of fused-ring (bicyclic) bond motifs is 1. The number of hydrazone groups is 1. The number of para-hydroxylation sites is 1. The van der Waals surface area contributed by atoms with Crippen molar-refractivity contribution >= 4 is 40.4 Å². The van der Waals surface area contributed by atoms with Crippen molar-refractivity contribution in [2.75, 3.05) is 0 Å². The highest BCUT2D eigenvalue weighted by atomic mass is 35.5. The van der Waals surface area contributed by atoms with Crippen molar-refractivity contribution in [2.45, 2.75) is 13.0 Å². The molecular weight excluding hydrogens is 518 g/mol. The van der Waals surface area contributed by atoms with Gasteiger partial charge in [0.1, 0.15) is 10.8 Å². The van der Waals surface area contributed by atoms with Crippen LogP contribution in [0.5, 0.6) is 0 Å². The molecule has 0 aliphatic rings. The van der Waals surface area contributed by atoms with E-state index in [9.17, 15) is 14.4 Å². The first kappa shape index (κ1) is 25.6. The Bertz CT molecular complexity index is 1750. The summed E-state index contributed by atoms with van der Waals surface area (Å²) < 4.78 is 1.57. The maximum atomic E-state index is 13.4. The van der Waals surface area contributed by atoms with Gasteiger partial charge < -0.3 is 5.32 Å². The molecule has 10 nitrogen and oxygen atoms in total. The maximum Gasteiger partial charge on any atom is 0.272 e. The van der Waals surface area contributed by atoms with E-state index in [2.05, 4.69) is 31.1 Å². The van der Waals surface area contributed by atoms with Crippen LogP contribution >= 0.6 is 11.6 Å². The van der Waals surface area contributed by atoms with Gasteiger partial charge in [-0.2, -0.15) is 15.3 Å². The van der Waals surface area contributed by atoms with E-state index in [1.807, 2.05) is 30.3 Å². The number of carbonyl (C=O) groups is 2. The zero-order valence-corrected chi connectivity index (χ0v) is 21.4. The number of hydrogen-bond acceptors (Lipinski definition) is 6. The van der Waals surface area contributed by atoms with Gasteiger partial charge in [0, 0.05) is 10.9 Å². The van der Waals surface area contributed by atoms with Crippen LogP contribution < -0.4 is 16.3 Å². The lowest BCUT2D eigenvalue weighted by Crippen LogP contribution is -2.40. The van der Waals surface area contributed by atoms with Crippen molar-refractivity contribution in [1.29, 1.82) is 0 Å². The predicted molar refractivity (Wildman–Crippen MR) is 148 cm³/mol. The van der Waals surface area contributed by atoms with Crippen molar-refractivity contribution in [2.24, 2.45) is 5.10 Å². The summed E-state index contributed by atoms with van der Waals surface area (Å²) in [6.45, 7) is 1.77. The number of aryl methyl sites for hydroxylation is 1. The number of rotatable bonds is 7. The van der Waals surface area contributed by atoms with Gasteiger partial charge in [0.15, 0.2) is 6.04 Å². The number of halogens is 1. The summed E-state index contributed by atoms with van der Waals surface area (Å²) in [7, 11) is 0. The number of aromatic amines is 1. The molecule has 2 amide bonds. The highest BCUT2D eigenvalue weighted by molar-refractivity contribution is 6.32. The van der Waals surface area contributed by atoms with Crippen molar-refractivity contribution < 1.29 is 9.59 Å². The summed E-state index contributed by atoms with van der Waals surface area (Å²) in [6.07, 6.45) is 1.39. The number of aromatic nitrogens is 4. The molecule has 5 aromatic rings. The molecule has 0 fully saturated rings. The maximum absolute atomic E-state index is 13.4. The molecule has 2 heterocycles. The van der Waals surface area contributed by atoms with Crippen molar-refractivity contribution in [3.8, 4) is 5.69 Å². The number of nitrogens with zero attached hydrogens (tertiary/aromatic N) is 4. The molecule has 2 aromatic heterocycles. The van der Waals surface area contributed by atoms with Crippen LogP contribution in [0.1, 0.15) is 33.4 Å². The normalized spacial score (nSPS) is 11.9. The molecule has 3 aromatic carbocycles. The van der Waals surface area contributed by atoms with Gasteiger partial charge in [-0.25, -0.2) is 15.2 Å². The molecule has 1 atom stereocenters. The molecular formula is C28H22ClN7O3. The molecule has 194 valence electrons. The largest absolute Gasteiger partial charge is 0.335 e. The molecule has 0 saturated carbocycles. The molecule has 0 spiro atoms. The lowest BCUT2D eigenvalue weighted by molar-refractivity contribution is -0.123. The summed E-state index contributed by atoms with van der Waals surface area (Å²) in [5.41, 5.74) is 4.44. The molecule has 11 heteroatoms. The standard InChI is InChI=1S/C28H22ClN7O3/c1-17-22(25(29)36(35-17)19-12-6-3-7-13-19)16-30-33-28(39)24(31-26(37)18-10-4-2-5-11-18)23-20-14-8-9-15-21(20)27(38)34-32-23/h2-16,24H,1H3,(H,31,37)(H,33,39)(H,34,38)/b30-16+/t24-/m0/s1. The highest BCUT2D eigenvalue weighted by Crippen LogP contribution is 2.23. The van der Waals surface area contributed by atoms with Gasteiger partial charge in [-0.1, -0.05) is 66.2 Å². The quantitative estimate of drug-likeness (QED) is 0.214. The van der Waals surface area contributed by atoms with E-state index in [0.717, 1.165) is 5.69 Å². The summed E-state index contributed by atoms with van der Waals surface area (Å²) in [6, 6.07) is 23.2. The third-order valence-corrected chi connectivity index (χ3v) is 6.35. The Kier molecular flexibility index (Phi) is 7.28. The van der Waals surface area contributed by atoms with E-state index in [1.165, 1.54) is 6.21 Å². The Hall–Kier alpha value is -5.09. The Labute approximate surface area is 227 Å². The van der Waals surface area contributed by atoms with Crippen LogP contribution in [0.25, 0.3) is 16.5 Å². The van der Waals surface area contributed by atoms with E-state index < -0.39 is 23.4 Å². The Morgan fingerprint density at radius 1 is 0.974 bits per heavy atom. The van der Waals surface area contributed by atoms with Gasteiger partial charge in [-0.15, -0.1) is 0 Å². The van der Waals surface area contributed by atoms with Crippen LogP contribution in [-0.2, 0) is 4.79 Å². The monoisotopic (exact) mass is 539 g/mol. The minimum Gasteiger partial charge on any atom is -0.335 e. The first-order valence-electron chi connectivity index (χ1n) is 11.9. The lowest BCUT2D eigenvalue weighted by Gasteiger charge is -2.18. The number of hydrogen-bond donors (Lipinski definition) is 3. The minimum atomic E-state index is -1.28. The van der Waals surface area contributed by atoms with E-state index >= 15 is 0 Å².